The molecule has 104 valence electrons. The Bertz CT molecular complexity index is 294. The molecule has 18 heavy (non-hydrogen) atoms. The predicted molar refractivity (Wildman–Crippen MR) is 71.2 cm³/mol. The smallest absolute Gasteiger partial charge is 0.315 e. The third-order valence-electron chi connectivity index (χ3n) is 3.81. The first-order valence-corrected chi connectivity index (χ1v) is 6.79. The molecule has 3 atom stereocenters. The molecule has 0 aliphatic heterocycles. The minimum absolute atomic E-state index is 0.0769. The first-order valence-electron chi connectivity index (χ1n) is 6.79. The lowest BCUT2D eigenvalue weighted by atomic mass is 9.78. The topological polar surface area (TPSA) is 70.2 Å². The van der Waals surface area contributed by atoms with Gasteiger partial charge in [-0.1, -0.05) is 26.7 Å². The van der Waals surface area contributed by atoms with Crippen molar-refractivity contribution < 1.29 is 9.59 Å². The normalized spacial score (nSPS) is 27.4. The van der Waals surface area contributed by atoms with Gasteiger partial charge in [0.25, 0.3) is 0 Å². The van der Waals surface area contributed by atoms with Crippen LogP contribution in [0.2, 0.25) is 0 Å². The van der Waals surface area contributed by atoms with Crippen LogP contribution in [0.3, 0.4) is 0 Å². The van der Waals surface area contributed by atoms with E-state index in [1.54, 1.807) is 0 Å². The van der Waals surface area contributed by atoms with Crippen molar-refractivity contribution in [3.63, 3.8) is 0 Å². The lowest BCUT2D eigenvalue weighted by Crippen LogP contribution is -2.49. The fourth-order valence-corrected chi connectivity index (χ4v) is 2.42. The summed E-state index contributed by atoms with van der Waals surface area (Å²) in [6.45, 7) is 6.84. The molecule has 0 spiro atoms. The van der Waals surface area contributed by atoms with Gasteiger partial charge in [0, 0.05) is 26.1 Å². The van der Waals surface area contributed by atoms with E-state index in [-0.39, 0.29) is 18.0 Å². The minimum atomic E-state index is -0.133. The second kappa shape index (κ2) is 7.24. The summed E-state index contributed by atoms with van der Waals surface area (Å²) in [5.74, 6) is 1.12. The number of carbonyl (C=O) groups is 2. The van der Waals surface area contributed by atoms with Crippen LogP contribution in [0.25, 0.3) is 0 Å². The van der Waals surface area contributed by atoms with Crippen LogP contribution in [0.5, 0.6) is 0 Å². The second-order valence-electron chi connectivity index (χ2n) is 5.26. The average molecular weight is 255 g/mol. The maximum absolute atomic E-state index is 11.7. The van der Waals surface area contributed by atoms with Crippen molar-refractivity contribution in [2.75, 3.05) is 13.1 Å². The number of hydrogen-bond donors (Lipinski definition) is 3. The maximum Gasteiger partial charge on any atom is 0.315 e. The van der Waals surface area contributed by atoms with Crippen molar-refractivity contribution in [1.29, 1.82) is 0 Å². The van der Waals surface area contributed by atoms with Gasteiger partial charge in [-0.3, -0.25) is 4.79 Å². The van der Waals surface area contributed by atoms with Gasteiger partial charge in [0.2, 0.25) is 5.91 Å². The van der Waals surface area contributed by atoms with Gasteiger partial charge in [0.15, 0.2) is 0 Å². The quantitative estimate of drug-likeness (QED) is 0.662. The number of urea groups is 1. The molecule has 1 saturated carbocycles. The minimum Gasteiger partial charge on any atom is -0.355 e. The van der Waals surface area contributed by atoms with Crippen molar-refractivity contribution in [1.82, 2.24) is 16.0 Å². The van der Waals surface area contributed by atoms with E-state index in [4.69, 9.17) is 0 Å². The number of amides is 3. The summed E-state index contributed by atoms with van der Waals surface area (Å²) >= 11 is 0. The largest absolute Gasteiger partial charge is 0.355 e. The molecule has 0 aromatic carbocycles. The molecule has 1 fully saturated rings. The zero-order valence-corrected chi connectivity index (χ0v) is 11.6. The van der Waals surface area contributed by atoms with E-state index in [9.17, 15) is 9.59 Å². The average Bonchev–Trinajstić information content (AvgIpc) is 2.30. The molecule has 0 aromatic rings. The Morgan fingerprint density at radius 2 is 1.78 bits per heavy atom. The van der Waals surface area contributed by atoms with Crippen molar-refractivity contribution in [3.05, 3.63) is 0 Å². The Labute approximate surface area is 109 Å². The summed E-state index contributed by atoms with van der Waals surface area (Å²) in [4.78, 5) is 22.3. The van der Waals surface area contributed by atoms with E-state index in [1.807, 2.05) is 0 Å². The highest BCUT2D eigenvalue weighted by molar-refractivity contribution is 5.74. The van der Waals surface area contributed by atoms with Crippen LogP contribution in [0.15, 0.2) is 0 Å². The SMILES string of the molecule is CC(=O)NCCNC(=O)N[C@@H]1CCC[C@H](C)[C@H]1C. The molecule has 3 N–H and O–H groups in total. The highest BCUT2D eigenvalue weighted by Gasteiger charge is 2.27. The van der Waals surface area contributed by atoms with Crippen molar-refractivity contribution in [3.8, 4) is 0 Å². The van der Waals surface area contributed by atoms with Gasteiger partial charge in [-0.15, -0.1) is 0 Å². The summed E-state index contributed by atoms with van der Waals surface area (Å²) in [6.07, 6.45) is 3.50. The van der Waals surface area contributed by atoms with Crippen LogP contribution >= 0.6 is 0 Å². The zero-order valence-electron chi connectivity index (χ0n) is 11.6. The van der Waals surface area contributed by atoms with Crippen LogP contribution in [0.4, 0.5) is 4.79 Å². The third kappa shape index (κ3) is 4.94. The summed E-state index contributed by atoms with van der Waals surface area (Å²) in [5.41, 5.74) is 0. The molecule has 0 unspecified atom stereocenters. The highest BCUT2D eigenvalue weighted by atomic mass is 16.2. The number of carbonyl (C=O) groups excluding carboxylic acids is 2. The molecule has 0 bridgehead atoms. The van der Waals surface area contributed by atoms with Gasteiger partial charge in [0.1, 0.15) is 0 Å². The summed E-state index contributed by atoms with van der Waals surface area (Å²) in [7, 11) is 0. The van der Waals surface area contributed by atoms with E-state index >= 15 is 0 Å². The van der Waals surface area contributed by atoms with E-state index < -0.39 is 0 Å². The fourth-order valence-electron chi connectivity index (χ4n) is 2.42. The maximum atomic E-state index is 11.7. The van der Waals surface area contributed by atoms with E-state index in [2.05, 4.69) is 29.8 Å². The zero-order chi connectivity index (χ0) is 13.5. The fraction of sp³-hybridized carbons (Fsp3) is 0.846. The summed E-state index contributed by atoms with van der Waals surface area (Å²) in [5, 5.41) is 8.42. The molecule has 0 heterocycles. The molecule has 1 rings (SSSR count). The van der Waals surface area contributed by atoms with E-state index in [1.165, 1.54) is 19.8 Å². The second-order valence-corrected chi connectivity index (χ2v) is 5.26. The van der Waals surface area contributed by atoms with Gasteiger partial charge in [0.05, 0.1) is 0 Å². The van der Waals surface area contributed by atoms with Crippen molar-refractivity contribution in [2.24, 2.45) is 11.8 Å². The molecular formula is C13H25N3O2. The first-order chi connectivity index (χ1) is 8.50. The molecule has 5 nitrogen and oxygen atoms in total. The van der Waals surface area contributed by atoms with Gasteiger partial charge in [-0.2, -0.15) is 0 Å². The van der Waals surface area contributed by atoms with Gasteiger partial charge in [-0.05, 0) is 18.3 Å². The Morgan fingerprint density at radius 1 is 1.11 bits per heavy atom. The summed E-state index contributed by atoms with van der Waals surface area (Å²) < 4.78 is 0. The lowest BCUT2D eigenvalue weighted by Gasteiger charge is -2.34. The van der Waals surface area contributed by atoms with Crippen LogP contribution in [0, 0.1) is 11.8 Å². The standard InChI is InChI=1S/C13H25N3O2/c1-9-5-4-6-12(10(9)2)16-13(18)15-8-7-14-11(3)17/h9-10,12H,4-8H2,1-3H3,(H,14,17)(H2,15,16,18)/t9-,10+,12+/m0/s1. The molecule has 0 aromatic heterocycles. The Hall–Kier alpha value is -1.26. The molecule has 0 saturated heterocycles. The Morgan fingerprint density at radius 3 is 2.44 bits per heavy atom. The highest BCUT2D eigenvalue weighted by Crippen LogP contribution is 2.29. The van der Waals surface area contributed by atoms with Crippen molar-refractivity contribution >= 4 is 11.9 Å². The lowest BCUT2D eigenvalue weighted by molar-refractivity contribution is -0.118. The molecule has 1 aliphatic rings. The molecule has 3 amide bonds. The predicted octanol–water partition coefficient (Wildman–Crippen LogP) is 1.25. The van der Waals surface area contributed by atoms with E-state index in [0.29, 0.717) is 24.9 Å². The monoisotopic (exact) mass is 255 g/mol. The van der Waals surface area contributed by atoms with Gasteiger partial charge < -0.3 is 16.0 Å². The van der Waals surface area contributed by atoms with Crippen molar-refractivity contribution in [2.45, 2.75) is 46.1 Å². The van der Waals surface area contributed by atoms with Gasteiger partial charge >= 0.3 is 6.03 Å². The number of hydrogen-bond acceptors (Lipinski definition) is 2. The Kier molecular flexibility index (Phi) is 5.95. The van der Waals surface area contributed by atoms with Crippen LogP contribution in [-0.2, 0) is 4.79 Å². The van der Waals surface area contributed by atoms with Gasteiger partial charge in [-0.25, -0.2) is 4.79 Å². The van der Waals surface area contributed by atoms with E-state index in [0.717, 1.165) is 6.42 Å². The summed E-state index contributed by atoms with van der Waals surface area (Å²) in [6, 6.07) is 0.140. The first kappa shape index (κ1) is 14.8. The Balaban J connectivity index is 2.20. The van der Waals surface area contributed by atoms with Crippen LogP contribution in [-0.4, -0.2) is 31.1 Å². The third-order valence-corrected chi connectivity index (χ3v) is 3.81. The van der Waals surface area contributed by atoms with Crippen LogP contribution < -0.4 is 16.0 Å². The molecule has 1 aliphatic carbocycles. The molecule has 5 heteroatoms. The molecule has 0 radical (unpaired) electrons. The van der Waals surface area contributed by atoms with Crippen LogP contribution in [0.1, 0.15) is 40.0 Å². The molecular weight excluding hydrogens is 230 g/mol. The number of rotatable bonds is 4. The number of nitrogens with one attached hydrogen (secondary N) is 3.